The van der Waals surface area contributed by atoms with Crippen molar-refractivity contribution in [3.8, 4) is 0 Å². The molecule has 3 nitrogen and oxygen atoms in total. The number of allylic oxidation sites excluding steroid dienone is 1. The Labute approximate surface area is 155 Å². The molecule has 0 aromatic heterocycles. The summed E-state index contributed by atoms with van der Waals surface area (Å²) in [5, 5.41) is -0.312. The number of benzene rings is 2. The summed E-state index contributed by atoms with van der Waals surface area (Å²) < 4.78 is 27.0. The SMILES string of the molecule is CN=C(C)C(=C(C)C)C(c1ccccc1)S(=O)(=O)c1ccc(Cl)cc1. The first kappa shape index (κ1) is 19.4. The van der Waals surface area contributed by atoms with Gasteiger partial charge in [0.05, 0.1) is 4.90 Å². The maximum absolute atomic E-state index is 13.5. The van der Waals surface area contributed by atoms with E-state index in [1.807, 2.05) is 51.1 Å². The van der Waals surface area contributed by atoms with Crippen molar-refractivity contribution in [1.82, 2.24) is 0 Å². The predicted molar refractivity (Wildman–Crippen MR) is 105 cm³/mol. The van der Waals surface area contributed by atoms with Crippen LogP contribution in [0.4, 0.5) is 0 Å². The Morgan fingerprint density at radius 1 is 0.960 bits per heavy atom. The summed E-state index contributed by atoms with van der Waals surface area (Å²) >= 11 is 5.92. The van der Waals surface area contributed by atoms with Crippen molar-refractivity contribution in [2.45, 2.75) is 30.9 Å². The minimum Gasteiger partial charge on any atom is -0.293 e. The molecule has 0 N–H and O–H groups in total. The van der Waals surface area contributed by atoms with Crippen molar-refractivity contribution in [2.24, 2.45) is 4.99 Å². The van der Waals surface area contributed by atoms with E-state index in [1.165, 1.54) is 0 Å². The van der Waals surface area contributed by atoms with Gasteiger partial charge in [-0.1, -0.05) is 47.5 Å². The Morgan fingerprint density at radius 2 is 1.52 bits per heavy atom. The zero-order valence-corrected chi connectivity index (χ0v) is 16.4. The van der Waals surface area contributed by atoms with E-state index in [-0.39, 0.29) is 4.90 Å². The molecule has 2 aromatic rings. The Hall–Kier alpha value is -1.91. The summed E-state index contributed by atoms with van der Waals surface area (Å²) in [5.74, 6) is 0. The van der Waals surface area contributed by atoms with E-state index in [4.69, 9.17) is 11.6 Å². The van der Waals surface area contributed by atoms with Gasteiger partial charge in [0.15, 0.2) is 9.84 Å². The van der Waals surface area contributed by atoms with Gasteiger partial charge < -0.3 is 0 Å². The van der Waals surface area contributed by atoms with Gasteiger partial charge in [0, 0.05) is 17.8 Å². The fourth-order valence-electron chi connectivity index (χ4n) is 2.82. The molecule has 0 radical (unpaired) electrons. The van der Waals surface area contributed by atoms with Gasteiger partial charge in [-0.15, -0.1) is 0 Å². The van der Waals surface area contributed by atoms with Crippen LogP contribution in [0.1, 0.15) is 31.6 Å². The Bertz CT molecular complexity index is 894. The maximum Gasteiger partial charge on any atom is 0.189 e. The van der Waals surface area contributed by atoms with E-state index in [9.17, 15) is 8.42 Å². The van der Waals surface area contributed by atoms with Crippen molar-refractivity contribution in [3.05, 3.63) is 76.3 Å². The third-order valence-corrected chi connectivity index (χ3v) is 6.39. The van der Waals surface area contributed by atoms with Crippen LogP contribution in [0.2, 0.25) is 5.02 Å². The van der Waals surface area contributed by atoms with Gasteiger partial charge in [-0.3, -0.25) is 4.99 Å². The molecule has 0 saturated carbocycles. The first-order chi connectivity index (χ1) is 11.8. The fraction of sp³-hybridized carbons (Fsp3) is 0.250. The lowest BCUT2D eigenvalue weighted by atomic mass is 9.97. The number of nitrogens with zero attached hydrogens (tertiary/aromatic N) is 1. The zero-order chi connectivity index (χ0) is 18.6. The van der Waals surface area contributed by atoms with Gasteiger partial charge >= 0.3 is 0 Å². The summed E-state index contributed by atoms with van der Waals surface area (Å²) in [6, 6.07) is 15.5. The lowest BCUT2D eigenvalue weighted by Crippen LogP contribution is -2.21. The normalized spacial score (nSPS) is 13.4. The second kappa shape index (κ2) is 7.98. The van der Waals surface area contributed by atoms with Gasteiger partial charge in [-0.25, -0.2) is 8.42 Å². The molecule has 0 aliphatic heterocycles. The topological polar surface area (TPSA) is 46.5 Å². The van der Waals surface area contributed by atoms with Gasteiger partial charge in [-0.05, 0) is 56.2 Å². The molecule has 132 valence electrons. The molecule has 0 aliphatic rings. The molecular formula is C20H22ClNO2S. The standard InChI is InChI=1S/C20H22ClNO2S/c1-14(2)19(15(3)22-4)20(16-8-6-5-7-9-16)25(23,24)18-12-10-17(21)11-13-18/h5-13,20H,1-4H3. The first-order valence-electron chi connectivity index (χ1n) is 7.94. The molecule has 0 bridgehead atoms. The highest BCUT2D eigenvalue weighted by Gasteiger charge is 2.34. The smallest absolute Gasteiger partial charge is 0.189 e. The first-order valence-corrected chi connectivity index (χ1v) is 9.87. The average molecular weight is 376 g/mol. The summed E-state index contributed by atoms with van der Waals surface area (Å²) in [6.07, 6.45) is 0. The van der Waals surface area contributed by atoms with E-state index in [2.05, 4.69) is 4.99 Å². The number of rotatable bonds is 5. The van der Waals surface area contributed by atoms with Crippen LogP contribution in [0.15, 0.2) is 75.6 Å². The molecule has 0 aliphatic carbocycles. The maximum atomic E-state index is 13.5. The highest BCUT2D eigenvalue weighted by Crippen LogP contribution is 2.37. The van der Waals surface area contributed by atoms with E-state index in [1.54, 1.807) is 31.3 Å². The largest absolute Gasteiger partial charge is 0.293 e. The van der Waals surface area contributed by atoms with Crippen LogP contribution in [-0.4, -0.2) is 21.2 Å². The van der Waals surface area contributed by atoms with E-state index in [0.29, 0.717) is 10.7 Å². The molecule has 0 amide bonds. The Balaban J connectivity index is 2.76. The molecule has 2 rings (SSSR count). The minimum atomic E-state index is -3.67. The van der Waals surface area contributed by atoms with Crippen LogP contribution >= 0.6 is 11.6 Å². The lowest BCUT2D eigenvalue weighted by molar-refractivity contribution is 0.589. The number of halogens is 1. The number of hydrogen-bond donors (Lipinski definition) is 0. The van der Waals surface area contributed by atoms with Crippen LogP contribution in [0.5, 0.6) is 0 Å². The van der Waals surface area contributed by atoms with E-state index in [0.717, 1.165) is 16.7 Å². The second-order valence-corrected chi connectivity index (χ2v) is 8.48. The van der Waals surface area contributed by atoms with Gasteiger partial charge in [0.25, 0.3) is 0 Å². The van der Waals surface area contributed by atoms with Crippen molar-refractivity contribution < 1.29 is 8.42 Å². The summed E-state index contributed by atoms with van der Waals surface area (Å²) in [7, 11) is -1.99. The molecule has 0 fully saturated rings. The quantitative estimate of drug-likeness (QED) is 0.667. The third kappa shape index (κ3) is 4.20. The van der Waals surface area contributed by atoms with Crippen molar-refractivity contribution in [1.29, 1.82) is 0 Å². The number of hydrogen-bond acceptors (Lipinski definition) is 3. The van der Waals surface area contributed by atoms with E-state index >= 15 is 0 Å². The number of sulfone groups is 1. The predicted octanol–water partition coefficient (Wildman–Crippen LogP) is 5.28. The third-order valence-electron chi connectivity index (χ3n) is 4.08. The average Bonchev–Trinajstić information content (AvgIpc) is 2.59. The molecule has 0 spiro atoms. The highest BCUT2D eigenvalue weighted by atomic mass is 35.5. The molecule has 1 atom stereocenters. The second-order valence-electron chi connectivity index (χ2n) is 6.01. The molecule has 0 heterocycles. The fourth-order valence-corrected chi connectivity index (χ4v) is 4.97. The molecule has 5 heteroatoms. The summed E-state index contributed by atoms with van der Waals surface area (Å²) in [6.45, 7) is 5.67. The van der Waals surface area contributed by atoms with Crippen LogP contribution in [0.25, 0.3) is 0 Å². The van der Waals surface area contributed by atoms with Crippen LogP contribution in [-0.2, 0) is 9.84 Å². The van der Waals surface area contributed by atoms with Crippen LogP contribution < -0.4 is 0 Å². The van der Waals surface area contributed by atoms with E-state index < -0.39 is 15.1 Å². The molecule has 1 unspecified atom stereocenters. The van der Waals surface area contributed by atoms with Crippen LogP contribution in [0, 0.1) is 0 Å². The molecule has 0 saturated heterocycles. The number of aliphatic imine (C=N–C) groups is 1. The highest BCUT2D eigenvalue weighted by molar-refractivity contribution is 7.92. The van der Waals surface area contributed by atoms with Crippen molar-refractivity contribution in [3.63, 3.8) is 0 Å². The Kier molecular flexibility index (Phi) is 6.20. The van der Waals surface area contributed by atoms with Gasteiger partial charge in [0.1, 0.15) is 5.25 Å². The Morgan fingerprint density at radius 3 is 2.00 bits per heavy atom. The van der Waals surface area contributed by atoms with Crippen molar-refractivity contribution >= 4 is 27.1 Å². The monoisotopic (exact) mass is 375 g/mol. The molecule has 25 heavy (non-hydrogen) atoms. The minimum absolute atomic E-state index is 0.244. The van der Waals surface area contributed by atoms with Crippen molar-refractivity contribution in [2.75, 3.05) is 7.05 Å². The molecular weight excluding hydrogens is 354 g/mol. The van der Waals surface area contributed by atoms with Gasteiger partial charge in [-0.2, -0.15) is 0 Å². The molecule has 2 aromatic carbocycles. The van der Waals surface area contributed by atoms with Gasteiger partial charge in [0.2, 0.25) is 0 Å². The zero-order valence-electron chi connectivity index (χ0n) is 14.8. The summed E-state index contributed by atoms with van der Waals surface area (Å²) in [4.78, 5) is 4.49. The van der Waals surface area contributed by atoms with Crippen LogP contribution in [0.3, 0.4) is 0 Å². The lowest BCUT2D eigenvalue weighted by Gasteiger charge is -2.23. The summed E-state index contributed by atoms with van der Waals surface area (Å²) in [5.41, 5.74) is 3.08.